The predicted octanol–water partition coefficient (Wildman–Crippen LogP) is 3.47. The highest BCUT2D eigenvalue weighted by Gasteiger charge is 2.17. The van der Waals surface area contributed by atoms with Gasteiger partial charge in [0.05, 0.1) is 11.7 Å². The Balaban J connectivity index is 1.43. The van der Waals surface area contributed by atoms with Crippen molar-refractivity contribution in [3.8, 4) is 0 Å². The van der Waals surface area contributed by atoms with Gasteiger partial charge in [-0.1, -0.05) is 25.0 Å². The molecule has 3 rings (SSSR count). The van der Waals surface area contributed by atoms with Crippen LogP contribution in [0.5, 0.6) is 0 Å². The summed E-state index contributed by atoms with van der Waals surface area (Å²) in [4.78, 5) is 0. The average Bonchev–Trinajstić information content (AvgIpc) is 3.14. The maximum absolute atomic E-state index is 13.1. The molecule has 1 fully saturated rings. The first-order valence-electron chi connectivity index (χ1n) is 7.80. The van der Waals surface area contributed by atoms with E-state index in [1.165, 1.54) is 31.7 Å². The minimum absolute atomic E-state index is 0.164. The molecule has 1 aromatic carbocycles. The molecule has 1 N–H and O–H groups in total. The molecule has 1 aliphatic carbocycles. The van der Waals surface area contributed by atoms with Gasteiger partial charge in [-0.25, -0.2) is 4.39 Å². The van der Waals surface area contributed by atoms with E-state index in [9.17, 15) is 4.39 Å². The molecule has 4 heteroatoms. The highest BCUT2D eigenvalue weighted by molar-refractivity contribution is 5.16. The third-order valence-electron chi connectivity index (χ3n) is 4.15. The zero-order valence-corrected chi connectivity index (χ0v) is 12.3. The van der Waals surface area contributed by atoms with Gasteiger partial charge in [0, 0.05) is 12.7 Å². The first kappa shape index (κ1) is 14.3. The molecule has 21 heavy (non-hydrogen) atoms. The average molecular weight is 287 g/mol. The van der Waals surface area contributed by atoms with Gasteiger partial charge in [0.1, 0.15) is 5.82 Å². The summed E-state index contributed by atoms with van der Waals surface area (Å²) in [5.41, 5.74) is 2.11. The van der Waals surface area contributed by atoms with Crippen molar-refractivity contribution in [2.24, 2.45) is 0 Å². The highest BCUT2D eigenvalue weighted by Crippen LogP contribution is 2.28. The number of rotatable bonds is 6. The zero-order chi connectivity index (χ0) is 14.5. The molecule has 1 heterocycles. The van der Waals surface area contributed by atoms with E-state index in [-0.39, 0.29) is 5.82 Å². The molecular formula is C17H22FN3. The molecule has 1 aromatic heterocycles. The van der Waals surface area contributed by atoms with E-state index in [1.54, 1.807) is 12.1 Å². The van der Waals surface area contributed by atoms with Gasteiger partial charge < -0.3 is 5.32 Å². The van der Waals surface area contributed by atoms with Crippen LogP contribution in [-0.4, -0.2) is 16.3 Å². The lowest BCUT2D eigenvalue weighted by Gasteiger charge is -2.09. The molecule has 0 spiro atoms. The fourth-order valence-corrected chi connectivity index (χ4v) is 2.99. The van der Waals surface area contributed by atoms with Gasteiger partial charge in [0.15, 0.2) is 0 Å². The fraction of sp³-hybridized carbons (Fsp3) is 0.471. The molecule has 0 unspecified atom stereocenters. The van der Waals surface area contributed by atoms with Crippen LogP contribution in [-0.2, 0) is 13.0 Å². The van der Waals surface area contributed by atoms with Crippen LogP contribution in [0.2, 0.25) is 0 Å². The molecule has 0 atom stereocenters. The van der Waals surface area contributed by atoms with Crippen molar-refractivity contribution in [3.05, 3.63) is 53.6 Å². The Morgan fingerprint density at radius 1 is 1.24 bits per heavy atom. The quantitative estimate of drug-likeness (QED) is 0.824. The SMILES string of the molecule is Fc1cccc(CCNCc2ccn(C3CCCC3)n2)c1. The number of halogens is 1. The predicted molar refractivity (Wildman–Crippen MR) is 81.5 cm³/mol. The number of nitrogens with one attached hydrogen (secondary N) is 1. The summed E-state index contributed by atoms with van der Waals surface area (Å²) >= 11 is 0. The van der Waals surface area contributed by atoms with Crippen molar-refractivity contribution in [2.45, 2.75) is 44.7 Å². The molecule has 3 nitrogen and oxygen atoms in total. The summed E-state index contributed by atoms with van der Waals surface area (Å²) in [6, 6.07) is 9.48. The van der Waals surface area contributed by atoms with Crippen LogP contribution in [0.15, 0.2) is 36.5 Å². The lowest BCUT2D eigenvalue weighted by Crippen LogP contribution is -2.17. The van der Waals surface area contributed by atoms with Crippen LogP contribution in [0.4, 0.5) is 4.39 Å². The second-order valence-electron chi connectivity index (χ2n) is 5.78. The third-order valence-corrected chi connectivity index (χ3v) is 4.15. The van der Waals surface area contributed by atoms with E-state index in [1.807, 2.05) is 6.07 Å². The lowest BCUT2D eigenvalue weighted by atomic mass is 10.1. The maximum atomic E-state index is 13.1. The van der Waals surface area contributed by atoms with Crippen LogP contribution in [0.3, 0.4) is 0 Å². The molecule has 0 amide bonds. The van der Waals surface area contributed by atoms with Gasteiger partial charge in [0.2, 0.25) is 0 Å². The van der Waals surface area contributed by atoms with Crippen LogP contribution in [0.1, 0.15) is 43.0 Å². The van der Waals surface area contributed by atoms with Gasteiger partial charge in [-0.3, -0.25) is 4.68 Å². The van der Waals surface area contributed by atoms with E-state index >= 15 is 0 Å². The third kappa shape index (κ3) is 3.91. The van der Waals surface area contributed by atoms with E-state index < -0.39 is 0 Å². The fourth-order valence-electron chi connectivity index (χ4n) is 2.99. The lowest BCUT2D eigenvalue weighted by molar-refractivity contribution is 0.461. The van der Waals surface area contributed by atoms with Gasteiger partial charge >= 0.3 is 0 Å². The van der Waals surface area contributed by atoms with Crippen molar-refractivity contribution in [2.75, 3.05) is 6.54 Å². The van der Waals surface area contributed by atoms with E-state index in [4.69, 9.17) is 0 Å². The molecule has 1 aliphatic rings. The Morgan fingerprint density at radius 2 is 2.10 bits per heavy atom. The monoisotopic (exact) mass is 287 g/mol. The molecule has 0 saturated heterocycles. The summed E-state index contributed by atoms with van der Waals surface area (Å²) < 4.78 is 15.2. The van der Waals surface area contributed by atoms with Gasteiger partial charge in [0.25, 0.3) is 0 Å². The Kier molecular flexibility index (Phi) is 4.65. The minimum atomic E-state index is -0.164. The number of benzene rings is 1. The standard InChI is InChI=1S/C17H22FN3/c18-15-5-3-4-14(12-15)8-10-19-13-16-9-11-21(20-16)17-6-1-2-7-17/h3-5,9,11-12,17,19H,1-2,6-8,10,13H2. The Morgan fingerprint density at radius 3 is 2.90 bits per heavy atom. The smallest absolute Gasteiger partial charge is 0.123 e. The number of nitrogens with zero attached hydrogens (tertiary/aromatic N) is 2. The van der Waals surface area contributed by atoms with Gasteiger partial charge in [-0.2, -0.15) is 5.10 Å². The molecule has 112 valence electrons. The number of hydrogen-bond donors (Lipinski definition) is 1. The Hall–Kier alpha value is -1.68. The van der Waals surface area contributed by atoms with E-state index in [2.05, 4.69) is 27.4 Å². The molecule has 2 aromatic rings. The van der Waals surface area contributed by atoms with Crippen LogP contribution >= 0.6 is 0 Å². The van der Waals surface area contributed by atoms with Crippen molar-refractivity contribution < 1.29 is 4.39 Å². The van der Waals surface area contributed by atoms with Crippen molar-refractivity contribution in [1.29, 1.82) is 0 Å². The topological polar surface area (TPSA) is 29.9 Å². The second kappa shape index (κ2) is 6.85. The zero-order valence-electron chi connectivity index (χ0n) is 12.3. The minimum Gasteiger partial charge on any atom is -0.311 e. The van der Waals surface area contributed by atoms with Crippen LogP contribution < -0.4 is 5.32 Å². The summed E-state index contributed by atoms with van der Waals surface area (Å²) in [5, 5.41) is 8.02. The van der Waals surface area contributed by atoms with Crippen LogP contribution in [0, 0.1) is 5.82 Å². The second-order valence-corrected chi connectivity index (χ2v) is 5.78. The van der Waals surface area contributed by atoms with Crippen molar-refractivity contribution in [1.82, 2.24) is 15.1 Å². The summed E-state index contributed by atoms with van der Waals surface area (Å²) in [7, 11) is 0. The van der Waals surface area contributed by atoms with E-state index in [0.717, 1.165) is 30.8 Å². The molecule has 1 saturated carbocycles. The largest absolute Gasteiger partial charge is 0.311 e. The summed E-state index contributed by atoms with van der Waals surface area (Å²) in [6.45, 7) is 1.61. The Bertz CT molecular complexity index is 573. The van der Waals surface area contributed by atoms with Crippen LogP contribution in [0.25, 0.3) is 0 Å². The normalized spacial score (nSPS) is 15.7. The first-order valence-corrected chi connectivity index (χ1v) is 7.80. The first-order chi connectivity index (χ1) is 10.3. The van der Waals surface area contributed by atoms with E-state index in [0.29, 0.717) is 6.04 Å². The van der Waals surface area contributed by atoms with Crippen molar-refractivity contribution in [3.63, 3.8) is 0 Å². The molecule has 0 radical (unpaired) electrons. The highest BCUT2D eigenvalue weighted by atomic mass is 19.1. The molecule has 0 bridgehead atoms. The molecular weight excluding hydrogens is 265 g/mol. The number of hydrogen-bond acceptors (Lipinski definition) is 2. The summed E-state index contributed by atoms with van der Waals surface area (Å²) in [5.74, 6) is -0.164. The van der Waals surface area contributed by atoms with Gasteiger partial charge in [-0.15, -0.1) is 0 Å². The molecule has 0 aliphatic heterocycles. The number of aromatic nitrogens is 2. The summed E-state index contributed by atoms with van der Waals surface area (Å²) in [6.07, 6.45) is 8.10. The van der Waals surface area contributed by atoms with Crippen molar-refractivity contribution >= 4 is 0 Å². The van der Waals surface area contributed by atoms with Gasteiger partial charge in [-0.05, 0) is 49.6 Å². The Labute approximate surface area is 125 Å². The maximum Gasteiger partial charge on any atom is 0.123 e.